The van der Waals surface area contributed by atoms with Crippen molar-refractivity contribution in [3.05, 3.63) is 24.3 Å². The van der Waals surface area contributed by atoms with Crippen LogP contribution in [-0.4, -0.2) is 75.3 Å². The summed E-state index contributed by atoms with van der Waals surface area (Å²) < 4.78 is 28.3. The fraction of sp³-hybridized carbons (Fsp3) is 0.591. The first-order chi connectivity index (χ1) is 15.3. The Morgan fingerprint density at radius 2 is 1.75 bits per heavy atom. The molecule has 0 aromatic heterocycles. The van der Waals surface area contributed by atoms with E-state index in [1.54, 1.807) is 29.0 Å². The van der Waals surface area contributed by atoms with Gasteiger partial charge in [-0.2, -0.15) is 0 Å². The molecule has 2 atom stereocenters. The molecule has 0 saturated carbocycles. The second kappa shape index (κ2) is 9.09. The molecule has 0 radical (unpaired) electrons. The van der Waals surface area contributed by atoms with Crippen molar-refractivity contribution in [2.24, 2.45) is 11.8 Å². The van der Waals surface area contributed by atoms with E-state index >= 15 is 0 Å². The minimum absolute atomic E-state index is 0.0104. The van der Waals surface area contributed by atoms with Crippen molar-refractivity contribution >= 4 is 33.2 Å². The largest absolute Gasteiger partial charge is 0.497 e. The third-order valence-corrected chi connectivity index (χ3v) is 8.38. The van der Waals surface area contributed by atoms with Gasteiger partial charge in [-0.1, -0.05) is 0 Å². The Labute approximate surface area is 188 Å². The molecule has 0 aliphatic carbocycles. The van der Waals surface area contributed by atoms with Gasteiger partial charge in [0.05, 0.1) is 24.5 Å². The highest BCUT2D eigenvalue weighted by Gasteiger charge is 2.39. The molecule has 1 aromatic rings. The van der Waals surface area contributed by atoms with E-state index in [0.717, 1.165) is 5.69 Å². The Morgan fingerprint density at radius 1 is 1.06 bits per heavy atom. The minimum atomic E-state index is -3.04. The Hall–Kier alpha value is -2.62. The maximum Gasteiger partial charge on any atom is 0.228 e. The summed E-state index contributed by atoms with van der Waals surface area (Å²) in [6.07, 6.45) is 1.73. The van der Waals surface area contributed by atoms with Gasteiger partial charge in [0.15, 0.2) is 9.84 Å². The van der Waals surface area contributed by atoms with Crippen molar-refractivity contribution in [1.82, 2.24) is 10.2 Å². The Balaban J connectivity index is 1.28. The second-order valence-corrected chi connectivity index (χ2v) is 11.0. The van der Waals surface area contributed by atoms with E-state index in [-0.39, 0.29) is 47.6 Å². The molecule has 1 N–H and O–H groups in total. The molecule has 3 amide bonds. The average molecular weight is 464 g/mol. The van der Waals surface area contributed by atoms with Crippen molar-refractivity contribution in [3.8, 4) is 5.75 Å². The molecule has 10 heteroatoms. The molecule has 3 fully saturated rings. The average Bonchev–Trinajstić information content (AvgIpc) is 3.34. The van der Waals surface area contributed by atoms with Crippen molar-refractivity contribution in [1.29, 1.82) is 0 Å². The first kappa shape index (κ1) is 22.6. The maximum atomic E-state index is 13.0. The number of piperidine rings is 1. The van der Waals surface area contributed by atoms with Gasteiger partial charge in [0.25, 0.3) is 0 Å². The number of carbonyl (C=O) groups excluding carboxylic acids is 3. The molecule has 32 heavy (non-hydrogen) atoms. The first-order valence-electron chi connectivity index (χ1n) is 11.0. The fourth-order valence-electron chi connectivity index (χ4n) is 4.73. The van der Waals surface area contributed by atoms with E-state index in [9.17, 15) is 22.8 Å². The lowest BCUT2D eigenvalue weighted by Crippen LogP contribution is -2.47. The van der Waals surface area contributed by atoms with Crippen LogP contribution in [0.15, 0.2) is 24.3 Å². The van der Waals surface area contributed by atoms with Crippen molar-refractivity contribution < 1.29 is 27.5 Å². The molecule has 0 bridgehead atoms. The quantitative estimate of drug-likeness (QED) is 0.684. The summed E-state index contributed by atoms with van der Waals surface area (Å²) in [6, 6.07) is 6.89. The molecule has 174 valence electrons. The van der Waals surface area contributed by atoms with Crippen LogP contribution in [0.3, 0.4) is 0 Å². The highest BCUT2D eigenvalue weighted by Crippen LogP contribution is 2.29. The van der Waals surface area contributed by atoms with Gasteiger partial charge in [0, 0.05) is 43.7 Å². The Bertz CT molecular complexity index is 985. The number of sulfone groups is 1. The molecule has 3 aliphatic rings. The predicted molar refractivity (Wildman–Crippen MR) is 118 cm³/mol. The van der Waals surface area contributed by atoms with Crippen LogP contribution in [0.2, 0.25) is 0 Å². The number of anilines is 1. The number of likely N-dealkylation sites (tertiary alicyclic amines) is 1. The fourth-order valence-corrected chi connectivity index (χ4v) is 6.41. The van der Waals surface area contributed by atoms with Gasteiger partial charge in [-0.15, -0.1) is 0 Å². The van der Waals surface area contributed by atoms with E-state index in [1.807, 2.05) is 12.1 Å². The highest BCUT2D eigenvalue weighted by atomic mass is 32.2. The van der Waals surface area contributed by atoms with Crippen LogP contribution in [0.5, 0.6) is 5.75 Å². The summed E-state index contributed by atoms with van der Waals surface area (Å²) in [5, 5.41) is 2.86. The van der Waals surface area contributed by atoms with E-state index in [4.69, 9.17) is 4.74 Å². The van der Waals surface area contributed by atoms with Crippen LogP contribution in [-0.2, 0) is 24.2 Å². The molecule has 3 heterocycles. The van der Waals surface area contributed by atoms with Crippen LogP contribution < -0.4 is 15.0 Å². The van der Waals surface area contributed by atoms with Gasteiger partial charge in [-0.3, -0.25) is 14.4 Å². The molecular weight excluding hydrogens is 434 g/mol. The standard InChI is InChI=1S/C22H29N3O6S/c1-31-19-4-2-18(3-5-19)25-13-16(12-20(25)26)22(28)24-9-6-15(7-10-24)21(27)23-17-8-11-32(29,30)14-17/h2-5,15-17H,6-14H2,1H3,(H,23,27)/t16-,17+/m1/s1. The van der Waals surface area contributed by atoms with E-state index < -0.39 is 15.8 Å². The predicted octanol–water partition coefficient (Wildman–Crippen LogP) is 0.590. The zero-order valence-corrected chi connectivity index (χ0v) is 19.0. The van der Waals surface area contributed by atoms with Gasteiger partial charge >= 0.3 is 0 Å². The number of hydrogen-bond donors (Lipinski definition) is 1. The third kappa shape index (κ3) is 4.90. The summed E-state index contributed by atoms with van der Waals surface area (Å²) in [5.41, 5.74) is 0.746. The number of carbonyl (C=O) groups is 3. The molecule has 0 spiro atoms. The minimum Gasteiger partial charge on any atom is -0.497 e. The lowest BCUT2D eigenvalue weighted by atomic mass is 9.94. The molecule has 9 nitrogen and oxygen atoms in total. The number of rotatable bonds is 5. The van der Waals surface area contributed by atoms with Crippen LogP contribution >= 0.6 is 0 Å². The summed E-state index contributed by atoms with van der Waals surface area (Å²) in [6.45, 7) is 1.28. The number of nitrogens with zero attached hydrogens (tertiary/aromatic N) is 2. The van der Waals surface area contributed by atoms with Crippen LogP contribution in [0.25, 0.3) is 0 Å². The van der Waals surface area contributed by atoms with Crippen molar-refractivity contribution in [3.63, 3.8) is 0 Å². The van der Waals surface area contributed by atoms with Gasteiger partial charge in [0.1, 0.15) is 5.75 Å². The van der Waals surface area contributed by atoms with Crippen LogP contribution in [0, 0.1) is 11.8 Å². The van der Waals surface area contributed by atoms with Gasteiger partial charge in [0.2, 0.25) is 17.7 Å². The number of amides is 3. The first-order valence-corrected chi connectivity index (χ1v) is 12.8. The van der Waals surface area contributed by atoms with Gasteiger partial charge < -0.3 is 19.9 Å². The SMILES string of the molecule is COc1ccc(N2C[C@H](C(=O)N3CCC(C(=O)N[C@H]4CCS(=O)(=O)C4)CC3)CC2=O)cc1. The zero-order chi connectivity index (χ0) is 22.9. The summed E-state index contributed by atoms with van der Waals surface area (Å²) in [4.78, 5) is 41.4. The van der Waals surface area contributed by atoms with Crippen molar-refractivity contribution in [2.45, 2.75) is 31.7 Å². The number of methoxy groups -OCH3 is 1. The summed E-state index contributed by atoms with van der Waals surface area (Å²) >= 11 is 0. The Kier molecular flexibility index (Phi) is 6.41. The monoisotopic (exact) mass is 463 g/mol. The number of hydrogen-bond acceptors (Lipinski definition) is 6. The number of benzene rings is 1. The van der Waals surface area contributed by atoms with E-state index in [2.05, 4.69) is 5.32 Å². The van der Waals surface area contributed by atoms with E-state index in [1.165, 1.54) is 0 Å². The van der Waals surface area contributed by atoms with Gasteiger partial charge in [-0.25, -0.2) is 8.42 Å². The normalized spacial score (nSPS) is 25.7. The van der Waals surface area contributed by atoms with Crippen LogP contribution in [0.4, 0.5) is 5.69 Å². The van der Waals surface area contributed by atoms with Crippen molar-refractivity contribution in [2.75, 3.05) is 43.1 Å². The molecular formula is C22H29N3O6S. The summed E-state index contributed by atoms with van der Waals surface area (Å²) in [7, 11) is -1.46. The topological polar surface area (TPSA) is 113 Å². The van der Waals surface area contributed by atoms with Crippen LogP contribution in [0.1, 0.15) is 25.7 Å². The third-order valence-electron chi connectivity index (χ3n) is 6.61. The molecule has 3 saturated heterocycles. The molecule has 3 aliphatic heterocycles. The zero-order valence-electron chi connectivity index (χ0n) is 18.2. The molecule has 0 unspecified atom stereocenters. The lowest BCUT2D eigenvalue weighted by Gasteiger charge is -2.33. The summed E-state index contributed by atoms with van der Waals surface area (Å²) in [5.74, 6) is -0.0171. The maximum absolute atomic E-state index is 13.0. The lowest BCUT2D eigenvalue weighted by molar-refractivity contribution is -0.139. The second-order valence-electron chi connectivity index (χ2n) is 8.81. The number of ether oxygens (including phenoxy) is 1. The van der Waals surface area contributed by atoms with Gasteiger partial charge in [-0.05, 0) is 43.5 Å². The molecule has 1 aromatic carbocycles. The van der Waals surface area contributed by atoms with E-state index in [0.29, 0.717) is 44.6 Å². The Morgan fingerprint density at radius 3 is 2.34 bits per heavy atom. The number of nitrogens with one attached hydrogen (secondary N) is 1. The highest BCUT2D eigenvalue weighted by molar-refractivity contribution is 7.91. The molecule has 4 rings (SSSR count). The smallest absolute Gasteiger partial charge is 0.228 e.